The summed E-state index contributed by atoms with van der Waals surface area (Å²) in [6, 6.07) is 13.2. The summed E-state index contributed by atoms with van der Waals surface area (Å²) in [7, 11) is 0. The molecule has 0 spiro atoms. The summed E-state index contributed by atoms with van der Waals surface area (Å²) >= 11 is 0. The Balaban J connectivity index is 1.69. The van der Waals surface area contributed by atoms with E-state index in [0.29, 0.717) is 24.3 Å². The Morgan fingerprint density at radius 2 is 1.73 bits per heavy atom. The lowest BCUT2D eigenvalue weighted by atomic mass is 9.83. The lowest BCUT2D eigenvalue weighted by molar-refractivity contribution is 0.235. The Morgan fingerprint density at radius 3 is 2.38 bits per heavy atom. The molecule has 3 rings (SSSR count). The van der Waals surface area contributed by atoms with Crippen LogP contribution in [0.3, 0.4) is 0 Å². The van der Waals surface area contributed by atoms with Crippen molar-refractivity contribution in [1.29, 1.82) is 0 Å². The minimum atomic E-state index is -0.630. The van der Waals surface area contributed by atoms with E-state index in [4.69, 9.17) is 0 Å². The molecule has 0 bridgehead atoms. The zero-order valence-electron chi connectivity index (χ0n) is 15.1. The topological polar surface area (TPSA) is 0 Å². The van der Waals surface area contributed by atoms with Gasteiger partial charge < -0.3 is 0 Å². The zero-order valence-corrected chi connectivity index (χ0v) is 15.1. The van der Waals surface area contributed by atoms with Crippen LogP contribution in [0.2, 0.25) is 0 Å². The molecule has 0 N–H and O–H groups in total. The van der Waals surface area contributed by atoms with E-state index in [2.05, 4.69) is 24.0 Å². The first kappa shape index (κ1) is 18.4. The zero-order chi connectivity index (χ0) is 18.4. The second kappa shape index (κ2) is 8.81. The molecule has 0 atom stereocenters. The van der Waals surface area contributed by atoms with Gasteiger partial charge in [-0.05, 0) is 73.4 Å². The predicted octanol–water partition coefficient (Wildman–Crippen LogP) is 6.64. The van der Waals surface area contributed by atoms with Gasteiger partial charge in [0.1, 0.15) is 12.0 Å². The second-order valence-corrected chi connectivity index (χ2v) is 6.87. The van der Waals surface area contributed by atoms with Crippen molar-refractivity contribution in [1.82, 2.24) is 0 Å². The smallest absolute Gasteiger partial charge is 0.139 e. The van der Waals surface area contributed by atoms with Gasteiger partial charge in [0.2, 0.25) is 0 Å². The van der Waals surface area contributed by atoms with Crippen LogP contribution in [-0.2, 0) is 0 Å². The molecule has 2 aromatic carbocycles. The Hall–Kier alpha value is -2.40. The maximum absolute atomic E-state index is 14.2. The van der Waals surface area contributed by atoms with Gasteiger partial charge in [-0.1, -0.05) is 49.1 Å². The maximum atomic E-state index is 14.2. The van der Waals surface area contributed by atoms with E-state index in [9.17, 15) is 8.78 Å². The third-order valence-corrected chi connectivity index (χ3v) is 4.92. The molecular formula is C24H24F2. The fourth-order valence-electron chi connectivity index (χ4n) is 3.35. The monoisotopic (exact) mass is 350 g/mol. The van der Waals surface area contributed by atoms with Crippen molar-refractivity contribution >= 4 is 6.08 Å². The minimum absolute atomic E-state index is 0.296. The summed E-state index contributed by atoms with van der Waals surface area (Å²) in [6.07, 6.45) is 7.36. The van der Waals surface area contributed by atoms with E-state index in [0.717, 1.165) is 30.4 Å². The van der Waals surface area contributed by atoms with E-state index in [1.807, 2.05) is 37.3 Å². The van der Waals surface area contributed by atoms with Gasteiger partial charge in [0.25, 0.3) is 0 Å². The molecule has 0 nitrogen and oxygen atoms in total. The van der Waals surface area contributed by atoms with E-state index < -0.39 is 6.17 Å². The first-order valence-corrected chi connectivity index (χ1v) is 9.38. The summed E-state index contributed by atoms with van der Waals surface area (Å²) in [5, 5.41) is 0. The molecule has 26 heavy (non-hydrogen) atoms. The van der Waals surface area contributed by atoms with Crippen LogP contribution in [0.4, 0.5) is 8.78 Å². The second-order valence-electron chi connectivity index (χ2n) is 6.87. The van der Waals surface area contributed by atoms with E-state index in [1.165, 1.54) is 11.6 Å². The quantitative estimate of drug-likeness (QED) is 0.544. The van der Waals surface area contributed by atoms with Crippen LogP contribution in [0, 0.1) is 17.7 Å². The molecule has 0 saturated heterocycles. The molecule has 0 heterocycles. The van der Waals surface area contributed by atoms with Gasteiger partial charge in [0.15, 0.2) is 0 Å². The lowest BCUT2D eigenvalue weighted by Gasteiger charge is -2.24. The standard InChI is InChI=1S/C24H24F2/c1-2-3-4-19-8-12-22(24(26)17-19)11-7-18-5-9-20(10-6-18)21-13-15-23(25)16-14-21/h3-6,8-10,12,17,21,23H,2,13-16H2,1H3/b4-3+. The predicted molar refractivity (Wildman–Crippen MR) is 104 cm³/mol. The van der Waals surface area contributed by atoms with E-state index in [-0.39, 0.29) is 5.82 Å². The van der Waals surface area contributed by atoms with Gasteiger partial charge in [-0.3, -0.25) is 0 Å². The van der Waals surface area contributed by atoms with Crippen molar-refractivity contribution in [3.63, 3.8) is 0 Å². The van der Waals surface area contributed by atoms with Gasteiger partial charge >= 0.3 is 0 Å². The minimum Gasteiger partial charge on any atom is -0.247 e. The van der Waals surface area contributed by atoms with Gasteiger partial charge in [-0.2, -0.15) is 0 Å². The third kappa shape index (κ3) is 4.82. The summed E-state index contributed by atoms with van der Waals surface area (Å²) in [6.45, 7) is 2.05. The van der Waals surface area contributed by atoms with Crippen molar-refractivity contribution in [2.45, 2.75) is 51.1 Å². The molecule has 1 aliphatic carbocycles. The molecule has 134 valence electrons. The molecule has 0 aliphatic heterocycles. The van der Waals surface area contributed by atoms with E-state index >= 15 is 0 Å². The molecule has 1 saturated carbocycles. The van der Waals surface area contributed by atoms with Crippen LogP contribution >= 0.6 is 0 Å². The van der Waals surface area contributed by atoms with Crippen LogP contribution in [0.25, 0.3) is 6.08 Å². The molecule has 1 aliphatic rings. The summed E-state index contributed by atoms with van der Waals surface area (Å²) in [4.78, 5) is 0. The average Bonchev–Trinajstić information content (AvgIpc) is 2.67. The number of halogens is 2. The molecule has 2 heteroatoms. The van der Waals surface area contributed by atoms with Gasteiger partial charge in [0, 0.05) is 5.56 Å². The lowest BCUT2D eigenvalue weighted by Crippen LogP contribution is -2.13. The Kier molecular flexibility index (Phi) is 6.23. The number of allylic oxidation sites excluding steroid dienone is 1. The van der Waals surface area contributed by atoms with Crippen LogP contribution < -0.4 is 0 Å². The molecule has 2 aromatic rings. The molecule has 0 aromatic heterocycles. The van der Waals surface area contributed by atoms with Crippen molar-refractivity contribution in [3.05, 3.63) is 76.6 Å². The first-order chi connectivity index (χ1) is 12.7. The molecular weight excluding hydrogens is 326 g/mol. The van der Waals surface area contributed by atoms with Crippen LogP contribution in [0.15, 0.2) is 48.5 Å². The fraction of sp³-hybridized carbons (Fsp3) is 0.333. The number of alkyl halides is 1. The number of hydrogen-bond acceptors (Lipinski definition) is 0. The highest BCUT2D eigenvalue weighted by atomic mass is 19.1. The number of rotatable bonds is 3. The summed E-state index contributed by atoms with van der Waals surface area (Å²) < 4.78 is 27.4. The first-order valence-electron chi connectivity index (χ1n) is 9.38. The normalized spacial score (nSPS) is 20.0. The van der Waals surface area contributed by atoms with Crippen LogP contribution in [-0.4, -0.2) is 6.17 Å². The highest BCUT2D eigenvalue weighted by Gasteiger charge is 2.21. The highest BCUT2D eigenvalue weighted by Crippen LogP contribution is 2.34. The average molecular weight is 350 g/mol. The maximum Gasteiger partial charge on any atom is 0.139 e. The molecule has 0 radical (unpaired) electrons. The van der Waals surface area contributed by atoms with Gasteiger partial charge in [0.05, 0.1) is 5.56 Å². The molecule has 0 unspecified atom stereocenters. The van der Waals surface area contributed by atoms with Crippen molar-refractivity contribution < 1.29 is 8.78 Å². The van der Waals surface area contributed by atoms with Crippen LogP contribution in [0.5, 0.6) is 0 Å². The number of benzene rings is 2. The summed E-state index contributed by atoms with van der Waals surface area (Å²) in [5.41, 5.74) is 3.37. The SMILES string of the molecule is CC/C=C/c1ccc(C#Cc2ccc(C3CCC(F)CC3)cc2)c(F)c1. The van der Waals surface area contributed by atoms with Crippen molar-refractivity contribution in [2.75, 3.05) is 0 Å². The van der Waals surface area contributed by atoms with Crippen LogP contribution in [0.1, 0.15) is 67.2 Å². The summed E-state index contributed by atoms with van der Waals surface area (Å²) in [5.74, 6) is 6.11. The van der Waals surface area contributed by atoms with Gasteiger partial charge in [-0.25, -0.2) is 8.78 Å². The van der Waals surface area contributed by atoms with Crippen molar-refractivity contribution in [3.8, 4) is 11.8 Å². The third-order valence-electron chi connectivity index (χ3n) is 4.92. The van der Waals surface area contributed by atoms with Gasteiger partial charge in [-0.15, -0.1) is 0 Å². The Labute approximate surface area is 155 Å². The molecule has 1 fully saturated rings. The molecule has 0 amide bonds. The van der Waals surface area contributed by atoms with Crippen molar-refractivity contribution in [2.24, 2.45) is 0 Å². The Bertz CT molecular complexity index is 814. The van der Waals surface area contributed by atoms with E-state index in [1.54, 1.807) is 6.07 Å². The Morgan fingerprint density at radius 1 is 1.00 bits per heavy atom. The fourth-order valence-corrected chi connectivity index (χ4v) is 3.35. The highest BCUT2D eigenvalue weighted by molar-refractivity contribution is 5.53. The number of hydrogen-bond donors (Lipinski definition) is 0. The largest absolute Gasteiger partial charge is 0.247 e.